The van der Waals surface area contributed by atoms with E-state index in [0.717, 1.165) is 11.3 Å². The molecule has 0 fully saturated rings. The fourth-order valence-electron chi connectivity index (χ4n) is 2.07. The van der Waals surface area contributed by atoms with Gasteiger partial charge in [0.1, 0.15) is 0 Å². The maximum absolute atomic E-state index is 12.4. The Morgan fingerprint density at radius 1 is 1.50 bits per heavy atom. The third-order valence-electron chi connectivity index (χ3n) is 3.09. The first-order valence-electron chi connectivity index (χ1n) is 6.37. The van der Waals surface area contributed by atoms with Gasteiger partial charge in [-0.1, -0.05) is 17.3 Å². The Kier molecular flexibility index (Phi) is 4.02. The molecule has 2 rings (SSSR count). The number of nitrogens with zero attached hydrogens (tertiary/aromatic N) is 2. The molecule has 0 radical (unpaired) electrons. The average molecular weight is 276 g/mol. The molecule has 0 aromatic heterocycles. The highest BCUT2D eigenvalue weighted by Gasteiger charge is 2.34. The number of hydrogen-bond acceptors (Lipinski definition) is 4. The van der Waals surface area contributed by atoms with Crippen molar-refractivity contribution in [2.75, 3.05) is 11.4 Å². The van der Waals surface area contributed by atoms with Crippen LogP contribution < -0.4 is 4.90 Å². The number of anilines is 1. The van der Waals surface area contributed by atoms with Crippen molar-refractivity contribution in [1.29, 1.82) is 0 Å². The van der Waals surface area contributed by atoms with E-state index in [0.29, 0.717) is 6.54 Å². The molecule has 1 unspecified atom stereocenters. The van der Waals surface area contributed by atoms with Crippen molar-refractivity contribution in [3.8, 4) is 0 Å². The summed E-state index contributed by atoms with van der Waals surface area (Å²) in [6.07, 6.45) is -0.863. The van der Waals surface area contributed by atoms with Crippen LogP contribution in [0.5, 0.6) is 0 Å². The summed E-state index contributed by atoms with van der Waals surface area (Å²) >= 11 is 0. The third-order valence-corrected chi connectivity index (χ3v) is 3.09. The van der Waals surface area contributed by atoms with E-state index in [9.17, 15) is 9.59 Å². The number of benzene rings is 1. The smallest absolute Gasteiger partial charge is 0.353 e. The number of carboxylic acids is 1. The molecule has 6 nitrogen and oxygen atoms in total. The highest BCUT2D eigenvalue weighted by atomic mass is 16.6. The van der Waals surface area contributed by atoms with E-state index in [1.54, 1.807) is 4.90 Å². The van der Waals surface area contributed by atoms with Crippen LogP contribution in [0.3, 0.4) is 0 Å². The van der Waals surface area contributed by atoms with Crippen molar-refractivity contribution in [1.82, 2.24) is 0 Å². The van der Waals surface area contributed by atoms with Gasteiger partial charge in [0.05, 0.1) is 0 Å². The van der Waals surface area contributed by atoms with Gasteiger partial charge in [-0.3, -0.25) is 4.79 Å². The van der Waals surface area contributed by atoms with Crippen molar-refractivity contribution in [2.45, 2.75) is 26.4 Å². The number of rotatable bonds is 4. The predicted octanol–water partition coefficient (Wildman–Crippen LogP) is 1.58. The van der Waals surface area contributed by atoms with Crippen molar-refractivity contribution in [3.05, 3.63) is 29.8 Å². The summed E-state index contributed by atoms with van der Waals surface area (Å²) < 4.78 is 0. The van der Waals surface area contributed by atoms with E-state index in [1.165, 1.54) is 0 Å². The van der Waals surface area contributed by atoms with Gasteiger partial charge in [-0.15, -0.1) is 0 Å². The van der Waals surface area contributed by atoms with Crippen LogP contribution in [0.15, 0.2) is 29.4 Å². The van der Waals surface area contributed by atoms with Crippen LogP contribution in [0.4, 0.5) is 5.69 Å². The largest absolute Gasteiger partial charge is 0.477 e. The molecule has 1 heterocycles. The van der Waals surface area contributed by atoms with Crippen LogP contribution in [0.1, 0.15) is 18.9 Å². The SMILES string of the molecule is CCN(C(=O)C1CC(C(=O)O)=NO1)c1cccc(C)c1. The predicted molar refractivity (Wildman–Crippen MR) is 73.8 cm³/mol. The van der Waals surface area contributed by atoms with Gasteiger partial charge in [0.15, 0.2) is 5.71 Å². The van der Waals surface area contributed by atoms with E-state index in [-0.39, 0.29) is 18.0 Å². The minimum atomic E-state index is -1.15. The fraction of sp³-hybridized carbons (Fsp3) is 0.357. The maximum atomic E-state index is 12.4. The maximum Gasteiger partial charge on any atom is 0.353 e. The highest BCUT2D eigenvalue weighted by Crippen LogP contribution is 2.20. The molecule has 1 N–H and O–H groups in total. The number of carboxylic acid groups (broad SMARTS) is 1. The lowest BCUT2D eigenvalue weighted by molar-refractivity contribution is -0.129. The molecule has 1 atom stereocenters. The number of oxime groups is 1. The first kappa shape index (κ1) is 14.0. The molecule has 106 valence electrons. The van der Waals surface area contributed by atoms with Crippen LogP contribution in [0, 0.1) is 6.92 Å². The molecular formula is C14H16N2O4. The van der Waals surface area contributed by atoms with Gasteiger partial charge in [-0.05, 0) is 31.5 Å². The summed E-state index contributed by atoms with van der Waals surface area (Å²) in [6.45, 7) is 4.28. The molecule has 1 aromatic rings. The second-order valence-corrected chi connectivity index (χ2v) is 4.56. The van der Waals surface area contributed by atoms with Crippen LogP contribution in [-0.4, -0.2) is 35.3 Å². The standard InChI is InChI=1S/C14H16N2O4/c1-3-16(10-6-4-5-9(2)7-10)13(17)12-8-11(14(18)19)15-20-12/h4-7,12H,3,8H2,1-2H3,(H,18,19). The molecule has 1 amide bonds. The van der Waals surface area contributed by atoms with Gasteiger partial charge in [-0.25, -0.2) is 4.79 Å². The normalized spacial score (nSPS) is 17.3. The van der Waals surface area contributed by atoms with Crippen molar-refractivity contribution >= 4 is 23.3 Å². The molecule has 1 aliphatic rings. The molecule has 0 saturated heterocycles. The number of carbonyl (C=O) groups is 2. The minimum absolute atomic E-state index is 0.00349. The monoisotopic (exact) mass is 276 g/mol. The quantitative estimate of drug-likeness (QED) is 0.905. The van der Waals surface area contributed by atoms with Gasteiger partial charge in [0.2, 0.25) is 6.10 Å². The van der Waals surface area contributed by atoms with E-state index in [4.69, 9.17) is 9.94 Å². The Bertz CT molecular complexity index is 568. The second kappa shape index (κ2) is 5.73. The molecule has 1 aromatic carbocycles. The minimum Gasteiger partial charge on any atom is -0.477 e. The third kappa shape index (κ3) is 2.79. The number of aryl methyl sites for hydroxylation is 1. The van der Waals surface area contributed by atoms with Gasteiger partial charge in [0.25, 0.3) is 5.91 Å². The zero-order chi connectivity index (χ0) is 14.7. The van der Waals surface area contributed by atoms with Crippen molar-refractivity contribution in [3.63, 3.8) is 0 Å². The first-order chi connectivity index (χ1) is 9.52. The first-order valence-corrected chi connectivity index (χ1v) is 6.37. The number of likely N-dealkylation sites (N-methyl/N-ethyl adjacent to an activating group) is 1. The zero-order valence-corrected chi connectivity index (χ0v) is 11.4. The van der Waals surface area contributed by atoms with Crippen LogP contribution >= 0.6 is 0 Å². The summed E-state index contributed by atoms with van der Waals surface area (Å²) in [4.78, 5) is 29.7. The van der Waals surface area contributed by atoms with E-state index in [2.05, 4.69) is 5.16 Å². The van der Waals surface area contributed by atoms with Gasteiger partial charge in [-0.2, -0.15) is 0 Å². The Hall–Kier alpha value is -2.37. The lowest BCUT2D eigenvalue weighted by Gasteiger charge is -2.23. The molecule has 0 aliphatic carbocycles. The van der Waals surface area contributed by atoms with Gasteiger partial charge in [0, 0.05) is 18.7 Å². The Balaban J connectivity index is 2.13. The Labute approximate surface area is 116 Å². The number of carbonyl (C=O) groups excluding carboxylic acids is 1. The summed E-state index contributed by atoms with van der Waals surface area (Å²) in [5.74, 6) is -1.43. The molecule has 0 saturated carbocycles. The summed E-state index contributed by atoms with van der Waals surface area (Å²) in [6, 6.07) is 7.55. The fourth-order valence-corrected chi connectivity index (χ4v) is 2.07. The van der Waals surface area contributed by atoms with Crippen LogP contribution in [-0.2, 0) is 14.4 Å². The van der Waals surface area contributed by atoms with Gasteiger partial charge >= 0.3 is 5.97 Å². The number of aliphatic carboxylic acids is 1. The average Bonchev–Trinajstić information content (AvgIpc) is 2.89. The van der Waals surface area contributed by atoms with Crippen molar-refractivity contribution in [2.24, 2.45) is 5.16 Å². The zero-order valence-electron chi connectivity index (χ0n) is 11.4. The van der Waals surface area contributed by atoms with E-state index < -0.39 is 12.1 Å². The lowest BCUT2D eigenvalue weighted by Crippen LogP contribution is -2.39. The summed E-state index contributed by atoms with van der Waals surface area (Å²) in [5.41, 5.74) is 1.69. The molecular weight excluding hydrogens is 260 g/mol. The van der Waals surface area contributed by atoms with E-state index >= 15 is 0 Å². The number of amides is 1. The topological polar surface area (TPSA) is 79.2 Å². The molecule has 0 spiro atoms. The van der Waals surface area contributed by atoms with Crippen LogP contribution in [0.2, 0.25) is 0 Å². The lowest BCUT2D eigenvalue weighted by atomic mass is 10.1. The van der Waals surface area contributed by atoms with Gasteiger partial charge < -0.3 is 14.8 Å². The highest BCUT2D eigenvalue weighted by molar-refractivity contribution is 6.36. The summed E-state index contributed by atoms with van der Waals surface area (Å²) in [7, 11) is 0. The number of hydrogen-bond donors (Lipinski definition) is 1. The molecule has 6 heteroatoms. The van der Waals surface area contributed by atoms with E-state index in [1.807, 2.05) is 38.1 Å². The molecule has 1 aliphatic heterocycles. The molecule has 20 heavy (non-hydrogen) atoms. The second-order valence-electron chi connectivity index (χ2n) is 4.56. The van der Waals surface area contributed by atoms with Crippen molar-refractivity contribution < 1.29 is 19.5 Å². The Morgan fingerprint density at radius 2 is 2.25 bits per heavy atom. The Morgan fingerprint density at radius 3 is 2.80 bits per heavy atom. The van der Waals surface area contributed by atoms with Crippen LogP contribution in [0.25, 0.3) is 0 Å². The molecule has 0 bridgehead atoms. The summed E-state index contributed by atoms with van der Waals surface area (Å²) in [5, 5.41) is 12.3.